The zero-order chi connectivity index (χ0) is 18.9. The molecule has 1 N–H and O–H groups in total. The third kappa shape index (κ3) is 6.88. The molecule has 3 rings (SSSR count). The zero-order valence-electron chi connectivity index (χ0n) is 16.4. The average Bonchev–Trinajstić information content (AvgIpc) is 3.19. The summed E-state index contributed by atoms with van der Waals surface area (Å²) in [6.45, 7) is 5.53. The molecule has 2 atom stereocenters. The van der Waals surface area contributed by atoms with Crippen LogP contribution in [0.25, 0.3) is 0 Å². The minimum Gasteiger partial charge on any atom is -0.357 e. The maximum atomic E-state index is 12.3. The Balaban J connectivity index is 0.00000280. The smallest absolute Gasteiger partial charge is 0.193 e. The van der Waals surface area contributed by atoms with Crippen LogP contribution in [0.4, 0.5) is 0 Å². The average molecular weight is 511 g/mol. The monoisotopic (exact) mass is 511 g/mol. The van der Waals surface area contributed by atoms with Crippen LogP contribution in [0.15, 0.2) is 65.7 Å². The van der Waals surface area contributed by atoms with Gasteiger partial charge in [0.2, 0.25) is 0 Å². The Hall–Kier alpha value is -1.41. The molecule has 6 heteroatoms. The van der Waals surface area contributed by atoms with E-state index in [2.05, 4.69) is 47.5 Å². The number of nitrogens with zero attached hydrogens (tertiary/aromatic N) is 2. The molecule has 1 heterocycles. The number of rotatable bonds is 7. The van der Waals surface area contributed by atoms with Crippen molar-refractivity contribution in [1.29, 1.82) is 0 Å². The van der Waals surface area contributed by atoms with Gasteiger partial charge < -0.3 is 10.2 Å². The molecule has 2 aromatic rings. The lowest BCUT2D eigenvalue weighted by Gasteiger charge is -2.21. The molecule has 4 nitrogen and oxygen atoms in total. The van der Waals surface area contributed by atoms with E-state index < -0.39 is 10.8 Å². The highest BCUT2D eigenvalue weighted by atomic mass is 127. The van der Waals surface area contributed by atoms with E-state index in [0.29, 0.717) is 24.0 Å². The van der Waals surface area contributed by atoms with Crippen LogP contribution in [0.2, 0.25) is 0 Å². The SMILES string of the molecule is CCNC(=NCCS(=O)Cc1ccccc1)N1CCC(c2ccccc2)C1.I. The van der Waals surface area contributed by atoms with Crippen LogP contribution in [0, 0.1) is 0 Å². The van der Waals surface area contributed by atoms with Crippen molar-refractivity contribution < 1.29 is 4.21 Å². The van der Waals surface area contributed by atoms with E-state index in [1.807, 2.05) is 30.3 Å². The molecule has 0 aromatic heterocycles. The topological polar surface area (TPSA) is 44.7 Å². The molecule has 28 heavy (non-hydrogen) atoms. The van der Waals surface area contributed by atoms with Crippen molar-refractivity contribution in [2.75, 3.05) is 31.9 Å². The van der Waals surface area contributed by atoms with Gasteiger partial charge in [-0.25, -0.2) is 0 Å². The Morgan fingerprint density at radius 3 is 2.50 bits per heavy atom. The fourth-order valence-electron chi connectivity index (χ4n) is 3.46. The molecule has 0 bridgehead atoms. The first kappa shape index (κ1) is 22.9. The van der Waals surface area contributed by atoms with Crippen molar-refractivity contribution in [3.63, 3.8) is 0 Å². The minimum absolute atomic E-state index is 0. The summed E-state index contributed by atoms with van der Waals surface area (Å²) in [4.78, 5) is 7.08. The molecule has 1 fully saturated rings. The van der Waals surface area contributed by atoms with Crippen LogP contribution in [0.5, 0.6) is 0 Å². The third-order valence-corrected chi connectivity index (χ3v) is 6.14. The Morgan fingerprint density at radius 1 is 1.14 bits per heavy atom. The highest BCUT2D eigenvalue weighted by Crippen LogP contribution is 2.26. The van der Waals surface area contributed by atoms with Crippen LogP contribution < -0.4 is 5.32 Å². The molecule has 152 valence electrons. The van der Waals surface area contributed by atoms with Gasteiger partial charge in [-0.1, -0.05) is 60.7 Å². The highest BCUT2D eigenvalue weighted by Gasteiger charge is 2.25. The summed E-state index contributed by atoms with van der Waals surface area (Å²) in [5, 5.41) is 3.40. The van der Waals surface area contributed by atoms with Crippen LogP contribution in [-0.2, 0) is 16.6 Å². The number of hydrogen-bond donors (Lipinski definition) is 1. The molecule has 0 amide bonds. The lowest BCUT2D eigenvalue weighted by atomic mass is 9.99. The van der Waals surface area contributed by atoms with E-state index in [1.54, 1.807) is 0 Å². The second kappa shape index (κ2) is 12.2. The number of benzene rings is 2. The number of aliphatic imine (C=N–C) groups is 1. The Bertz CT molecular complexity index is 755. The van der Waals surface area contributed by atoms with Crippen molar-refractivity contribution in [3.05, 3.63) is 71.8 Å². The molecule has 0 saturated carbocycles. The quantitative estimate of drug-likeness (QED) is 0.347. The number of likely N-dealkylation sites (tertiary alicyclic amines) is 1. The van der Waals surface area contributed by atoms with Crippen LogP contribution in [0.3, 0.4) is 0 Å². The maximum Gasteiger partial charge on any atom is 0.193 e. The summed E-state index contributed by atoms with van der Waals surface area (Å²) >= 11 is 0. The summed E-state index contributed by atoms with van der Waals surface area (Å²) < 4.78 is 12.3. The van der Waals surface area contributed by atoms with E-state index in [0.717, 1.165) is 37.6 Å². The fourth-order valence-corrected chi connectivity index (χ4v) is 4.46. The third-order valence-electron chi connectivity index (χ3n) is 4.84. The van der Waals surface area contributed by atoms with Crippen molar-refractivity contribution in [2.45, 2.75) is 25.0 Å². The van der Waals surface area contributed by atoms with Crippen molar-refractivity contribution >= 4 is 40.7 Å². The van der Waals surface area contributed by atoms with E-state index in [1.165, 1.54) is 5.56 Å². The molecule has 1 aliphatic rings. The first-order valence-corrected chi connectivity index (χ1v) is 11.2. The van der Waals surface area contributed by atoms with Crippen molar-refractivity contribution in [3.8, 4) is 0 Å². The van der Waals surface area contributed by atoms with Crippen molar-refractivity contribution in [2.24, 2.45) is 4.99 Å². The number of nitrogens with one attached hydrogen (secondary N) is 1. The highest BCUT2D eigenvalue weighted by molar-refractivity contribution is 14.0. The van der Waals surface area contributed by atoms with E-state index in [9.17, 15) is 4.21 Å². The van der Waals surface area contributed by atoms with Gasteiger partial charge in [0.1, 0.15) is 0 Å². The summed E-state index contributed by atoms with van der Waals surface area (Å²) in [7, 11) is -0.883. The van der Waals surface area contributed by atoms with Gasteiger partial charge in [-0.2, -0.15) is 0 Å². The number of hydrogen-bond acceptors (Lipinski definition) is 2. The molecule has 0 radical (unpaired) electrons. The van der Waals surface area contributed by atoms with Gasteiger partial charge in [-0.05, 0) is 24.5 Å². The first-order chi connectivity index (χ1) is 13.3. The molecule has 2 unspecified atom stereocenters. The van der Waals surface area contributed by atoms with Gasteiger partial charge in [0.15, 0.2) is 5.96 Å². The van der Waals surface area contributed by atoms with Gasteiger partial charge in [0.25, 0.3) is 0 Å². The summed E-state index contributed by atoms with van der Waals surface area (Å²) in [6, 6.07) is 20.7. The standard InChI is InChI=1S/C22H29N3OS.HI/c1-2-23-22(24-14-16-27(26)18-19-9-5-3-6-10-19)25-15-13-21(17-25)20-11-7-4-8-12-20;/h3-12,21H,2,13-18H2,1H3,(H,23,24);1H. The summed E-state index contributed by atoms with van der Waals surface area (Å²) in [6.07, 6.45) is 1.15. The molecule has 0 aliphatic carbocycles. The van der Waals surface area contributed by atoms with Gasteiger partial charge in [-0.3, -0.25) is 9.20 Å². The predicted molar refractivity (Wildman–Crippen MR) is 130 cm³/mol. The fraction of sp³-hybridized carbons (Fsp3) is 0.409. The van der Waals surface area contributed by atoms with Gasteiger partial charge in [0.05, 0.1) is 6.54 Å². The van der Waals surface area contributed by atoms with Crippen LogP contribution >= 0.6 is 24.0 Å². The van der Waals surface area contributed by atoms with Gasteiger partial charge in [0, 0.05) is 47.9 Å². The summed E-state index contributed by atoms with van der Waals surface area (Å²) in [5.74, 6) is 2.71. The van der Waals surface area contributed by atoms with Gasteiger partial charge in [-0.15, -0.1) is 24.0 Å². The summed E-state index contributed by atoms with van der Waals surface area (Å²) in [5.41, 5.74) is 2.52. The van der Waals surface area contributed by atoms with E-state index in [4.69, 9.17) is 4.99 Å². The van der Waals surface area contributed by atoms with E-state index in [-0.39, 0.29) is 24.0 Å². The lowest BCUT2D eigenvalue weighted by Crippen LogP contribution is -2.40. The van der Waals surface area contributed by atoms with Gasteiger partial charge >= 0.3 is 0 Å². The van der Waals surface area contributed by atoms with Crippen LogP contribution in [0.1, 0.15) is 30.4 Å². The minimum atomic E-state index is -0.883. The Kier molecular flexibility index (Phi) is 9.98. The first-order valence-electron chi connectivity index (χ1n) is 9.73. The molecule has 1 aliphatic heterocycles. The molecular weight excluding hydrogens is 481 g/mol. The normalized spacial score (nSPS) is 17.8. The zero-order valence-corrected chi connectivity index (χ0v) is 19.6. The Labute approximate surface area is 188 Å². The van der Waals surface area contributed by atoms with Crippen molar-refractivity contribution in [1.82, 2.24) is 10.2 Å². The molecular formula is C22H30IN3OS. The number of guanidine groups is 1. The number of halogens is 1. The van der Waals surface area contributed by atoms with E-state index >= 15 is 0 Å². The molecule has 2 aromatic carbocycles. The maximum absolute atomic E-state index is 12.3. The molecule has 0 spiro atoms. The predicted octanol–water partition coefficient (Wildman–Crippen LogP) is 4.01. The lowest BCUT2D eigenvalue weighted by molar-refractivity contribution is 0.487. The molecule has 1 saturated heterocycles. The Morgan fingerprint density at radius 2 is 1.82 bits per heavy atom. The second-order valence-electron chi connectivity index (χ2n) is 6.85. The largest absolute Gasteiger partial charge is 0.357 e. The second-order valence-corrected chi connectivity index (χ2v) is 8.43. The van der Waals surface area contributed by atoms with Crippen LogP contribution in [-0.4, -0.2) is 47.0 Å².